The molecule has 5 rings (SSSR count). The van der Waals surface area contributed by atoms with Gasteiger partial charge in [-0.05, 0) is 65.3 Å². The van der Waals surface area contributed by atoms with E-state index < -0.39 is 0 Å². The summed E-state index contributed by atoms with van der Waals surface area (Å²) < 4.78 is 0. The number of hydrogen-bond acceptors (Lipinski definition) is 2. The first kappa shape index (κ1) is 15.4. The van der Waals surface area contributed by atoms with Crippen LogP contribution in [0.2, 0.25) is 0 Å². The third kappa shape index (κ3) is 2.37. The number of phenols is 1. The Kier molecular flexibility index (Phi) is 3.46. The second kappa shape index (κ2) is 5.84. The maximum absolute atomic E-state index is 9.95. The lowest BCUT2D eigenvalue weighted by molar-refractivity contribution is 0.475. The molecule has 128 valence electrons. The monoisotopic (exact) mass is 339 g/mol. The van der Waals surface area contributed by atoms with Gasteiger partial charge in [0.05, 0.1) is 11.2 Å². The van der Waals surface area contributed by atoms with Crippen LogP contribution < -0.4 is 0 Å². The van der Waals surface area contributed by atoms with Crippen molar-refractivity contribution in [3.63, 3.8) is 0 Å². The molecule has 0 fully saturated rings. The molecule has 3 aromatic carbocycles. The zero-order valence-electron chi connectivity index (χ0n) is 14.9. The van der Waals surface area contributed by atoms with E-state index in [0.29, 0.717) is 11.7 Å². The summed E-state index contributed by atoms with van der Waals surface area (Å²) in [5, 5.41) is 13.8. The summed E-state index contributed by atoms with van der Waals surface area (Å²) in [6.07, 6.45) is 3.33. The van der Waals surface area contributed by atoms with Crippen LogP contribution in [-0.4, -0.2) is 10.1 Å². The predicted molar refractivity (Wildman–Crippen MR) is 108 cm³/mol. The van der Waals surface area contributed by atoms with Crippen molar-refractivity contribution in [1.82, 2.24) is 4.98 Å². The molecule has 0 spiro atoms. The Morgan fingerprint density at radius 1 is 0.962 bits per heavy atom. The summed E-state index contributed by atoms with van der Waals surface area (Å²) in [6, 6.07) is 20.4. The summed E-state index contributed by atoms with van der Waals surface area (Å²) in [5.41, 5.74) is 5.90. The summed E-state index contributed by atoms with van der Waals surface area (Å²) >= 11 is 0. The van der Waals surface area contributed by atoms with Crippen molar-refractivity contribution in [2.45, 2.75) is 26.2 Å². The number of nitrogens with zero attached hydrogens (tertiary/aromatic N) is 1. The van der Waals surface area contributed by atoms with Crippen LogP contribution in [0.5, 0.6) is 5.75 Å². The number of benzene rings is 3. The summed E-state index contributed by atoms with van der Waals surface area (Å²) in [5.74, 6) is 0.977. The van der Waals surface area contributed by atoms with Crippen molar-refractivity contribution >= 4 is 21.7 Å². The zero-order valence-corrected chi connectivity index (χ0v) is 14.9. The topological polar surface area (TPSA) is 33.1 Å². The van der Waals surface area contributed by atoms with Gasteiger partial charge >= 0.3 is 0 Å². The Morgan fingerprint density at radius 2 is 1.85 bits per heavy atom. The quantitative estimate of drug-likeness (QED) is 0.439. The van der Waals surface area contributed by atoms with Gasteiger partial charge in [-0.2, -0.15) is 0 Å². The molecule has 2 nitrogen and oxygen atoms in total. The van der Waals surface area contributed by atoms with E-state index in [0.717, 1.165) is 29.6 Å². The molecular weight excluding hydrogens is 318 g/mol. The standard InChI is InChI=1S/C24H21NO/c1-15-9-11-20-21(13-15)23-19-8-3-2-5-16(19)10-12-22(23)25-24(20)17-6-4-7-18(26)14-17/h2-8,10,12,14-15,26H,9,11,13H2,1H3/t15-/m1/s1. The minimum absolute atomic E-state index is 0.292. The Morgan fingerprint density at radius 3 is 2.73 bits per heavy atom. The van der Waals surface area contributed by atoms with E-state index >= 15 is 0 Å². The van der Waals surface area contributed by atoms with E-state index in [-0.39, 0.29) is 0 Å². The zero-order chi connectivity index (χ0) is 17.7. The van der Waals surface area contributed by atoms with Crippen LogP contribution >= 0.6 is 0 Å². The maximum atomic E-state index is 9.95. The molecule has 1 heterocycles. The van der Waals surface area contributed by atoms with Gasteiger partial charge in [-0.3, -0.25) is 0 Å². The van der Waals surface area contributed by atoms with Gasteiger partial charge in [-0.25, -0.2) is 4.98 Å². The Bertz CT molecular complexity index is 1150. The van der Waals surface area contributed by atoms with Gasteiger partial charge in [-0.15, -0.1) is 0 Å². The van der Waals surface area contributed by atoms with Crippen molar-refractivity contribution in [2.24, 2.45) is 5.92 Å². The number of aromatic nitrogens is 1. The van der Waals surface area contributed by atoms with Crippen LogP contribution in [0.4, 0.5) is 0 Å². The third-order valence-electron chi connectivity index (χ3n) is 5.65. The number of fused-ring (bicyclic) bond motifs is 5. The van der Waals surface area contributed by atoms with Crippen LogP contribution in [0.25, 0.3) is 32.9 Å². The van der Waals surface area contributed by atoms with Crippen LogP contribution in [0, 0.1) is 5.92 Å². The molecule has 1 aliphatic rings. The van der Waals surface area contributed by atoms with Gasteiger partial charge in [-0.1, -0.05) is 49.4 Å². The highest BCUT2D eigenvalue weighted by Gasteiger charge is 2.23. The van der Waals surface area contributed by atoms with Crippen LogP contribution in [0.1, 0.15) is 24.5 Å². The molecule has 1 aliphatic carbocycles. The molecule has 26 heavy (non-hydrogen) atoms. The second-order valence-electron chi connectivity index (χ2n) is 7.50. The molecule has 1 N–H and O–H groups in total. The fraction of sp³-hybridized carbons (Fsp3) is 0.208. The van der Waals surface area contributed by atoms with Gasteiger partial charge < -0.3 is 5.11 Å². The largest absolute Gasteiger partial charge is 0.508 e. The van der Waals surface area contributed by atoms with E-state index in [1.807, 2.05) is 18.2 Å². The SMILES string of the molecule is C[C@@H]1CCc2c(-c3cccc(O)c3)nc3ccc4ccccc4c3c2C1. The van der Waals surface area contributed by atoms with Crippen molar-refractivity contribution in [1.29, 1.82) is 0 Å². The molecule has 0 aliphatic heterocycles. The van der Waals surface area contributed by atoms with E-state index in [1.165, 1.54) is 33.7 Å². The highest BCUT2D eigenvalue weighted by molar-refractivity contribution is 6.09. The fourth-order valence-corrected chi connectivity index (χ4v) is 4.38. The molecule has 0 bridgehead atoms. The molecule has 2 heteroatoms. The van der Waals surface area contributed by atoms with Gasteiger partial charge in [0, 0.05) is 10.9 Å². The Labute approximate surface area is 153 Å². The van der Waals surface area contributed by atoms with Gasteiger partial charge in [0.1, 0.15) is 5.75 Å². The predicted octanol–water partition coefficient (Wildman–Crippen LogP) is 5.89. The van der Waals surface area contributed by atoms with Crippen molar-refractivity contribution in [3.05, 3.63) is 71.8 Å². The van der Waals surface area contributed by atoms with Gasteiger partial charge in [0.25, 0.3) is 0 Å². The number of aromatic hydroxyl groups is 1. The van der Waals surface area contributed by atoms with Crippen molar-refractivity contribution in [3.8, 4) is 17.0 Å². The Hall–Kier alpha value is -2.87. The molecule has 0 saturated heterocycles. The molecule has 0 unspecified atom stereocenters. The average molecular weight is 339 g/mol. The lowest BCUT2D eigenvalue weighted by Gasteiger charge is -2.26. The molecule has 0 saturated carbocycles. The average Bonchev–Trinajstić information content (AvgIpc) is 2.66. The number of phenolic OH excluding ortho intramolecular Hbond substituents is 1. The lowest BCUT2D eigenvalue weighted by Crippen LogP contribution is -2.14. The summed E-state index contributed by atoms with van der Waals surface area (Å²) in [6.45, 7) is 2.34. The van der Waals surface area contributed by atoms with Crippen molar-refractivity contribution in [2.75, 3.05) is 0 Å². The minimum atomic E-state index is 0.292. The molecule has 0 amide bonds. The van der Waals surface area contributed by atoms with E-state index in [2.05, 4.69) is 43.3 Å². The molecule has 1 aromatic heterocycles. The van der Waals surface area contributed by atoms with E-state index in [4.69, 9.17) is 4.98 Å². The molecule has 0 radical (unpaired) electrons. The number of rotatable bonds is 1. The van der Waals surface area contributed by atoms with Crippen LogP contribution in [0.15, 0.2) is 60.7 Å². The van der Waals surface area contributed by atoms with Crippen molar-refractivity contribution < 1.29 is 5.11 Å². The molecule has 1 atom stereocenters. The first-order valence-corrected chi connectivity index (χ1v) is 9.33. The van der Waals surface area contributed by atoms with Gasteiger partial charge in [0.15, 0.2) is 0 Å². The lowest BCUT2D eigenvalue weighted by atomic mass is 9.80. The second-order valence-corrected chi connectivity index (χ2v) is 7.50. The van der Waals surface area contributed by atoms with E-state index in [1.54, 1.807) is 6.07 Å². The highest BCUT2D eigenvalue weighted by Crippen LogP contribution is 2.39. The molecular formula is C24H21NO. The van der Waals surface area contributed by atoms with Gasteiger partial charge in [0.2, 0.25) is 0 Å². The Balaban J connectivity index is 1.90. The smallest absolute Gasteiger partial charge is 0.116 e. The summed E-state index contributed by atoms with van der Waals surface area (Å²) in [4.78, 5) is 5.06. The summed E-state index contributed by atoms with van der Waals surface area (Å²) in [7, 11) is 0. The molecule has 4 aromatic rings. The number of pyridine rings is 1. The maximum Gasteiger partial charge on any atom is 0.116 e. The fourth-order valence-electron chi connectivity index (χ4n) is 4.38. The van der Waals surface area contributed by atoms with Crippen LogP contribution in [0.3, 0.4) is 0 Å². The first-order chi connectivity index (χ1) is 12.7. The number of hydrogen-bond donors (Lipinski definition) is 1. The minimum Gasteiger partial charge on any atom is -0.508 e. The van der Waals surface area contributed by atoms with Crippen LogP contribution in [-0.2, 0) is 12.8 Å². The third-order valence-corrected chi connectivity index (χ3v) is 5.65. The van der Waals surface area contributed by atoms with E-state index in [9.17, 15) is 5.11 Å². The normalized spacial score (nSPS) is 16.7. The highest BCUT2D eigenvalue weighted by atomic mass is 16.3. The first-order valence-electron chi connectivity index (χ1n) is 9.33.